The van der Waals surface area contributed by atoms with Gasteiger partial charge in [-0.15, -0.1) is 0 Å². The van der Waals surface area contributed by atoms with E-state index in [2.05, 4.69) is 51.0 Å². The summed E-state index contributed by atoms with van der Waals surface area (Å²) in [6, 6.07) is 8.63. The van der Waals surface area contributed by atoms with Gasteiger partial charge in [0.15, 0.2) is 0 Å². The normalized spacial score (nSPS) is 15.9. The molecule has 6 heteroatoms. The van der Waals surface area contributed by atoms with Gasteiger partial charge in [0, 0.05) is 45.7 Å². The van der Waals surface area contributed by atoms with Crippen molar-refractivity contribution in [3.63, 3.8) is 0 Å². The lowest BCUT2D eigenvalue weighted by molar-refractivity contribution is -0.141. The average molecular weight is 333 g/mol. The molecule has 0 bridgehead atoms. The van der Waals surface area contributed by atoms with Crippen LogP contribution in [0, 0.1) is 6.92 Å². The smallest absolute Gasteiger partial charge is 0.325 e. The molecule has 1 aliphatic heterocycles. The Labute approximate surface area is 143 Å². The van der Waals surface area contributed by atoms with E-state index in [1.807, 2.05) is 0 Å². The second-order valence-electron chi connectivity index (χ2n) is 6.21. The Balaban J connectivity index is 1.64. The lowest BCUT2D eigenvalue weighted by atomic mass is 10.1. The summed E-state index contributed by atoms with van der Waals surface area (Å²) >= 11 is 0. The Morgan fingerprint density at radius 3 is 2.54 bits per heavy atom. The van der Waals surface area contributed by atoms with E-state index in [0.29, 0.717) is 6.42 Å². The molecule has 0 saturated carbocycles. The van der Waals surface area contributed by atoms with Crippen LogP contribution in [-0.4, -0.2) is 68.1 Å². The summed E-state index contributed by atoms with van der Waals surface area (Å²) in [5.41, 5.74) is 2.65. The van der Waals surface area contributed by atoms with Gasteiger partial charge in [-0.25, -0.2) is 0 Å². The fraction of sp³-hybridized carbons (Fsp3) is 0.556. The quantitative estimate of drug-likeness (QED) is 0.748. The molecule has 24 heavy (non-hydrogen) atoms. The summed E-state index contributed by atoms with van der Waals surface area (Å²) in [5.74, 6) is -0.532. The molecular formula is C18H27N3O3. The van der Waals surface area contributed by atoms with Crippen LogP contribution in [0.25, 0.3) is 0 Å². The van der Waals surface area contributed by atoms with E-state index in [9.17, 15) is 9.59 Å². The minimum atomic E-state index is -0.423. The van der Waals surface area contributed by atoms with Gasteiger partial charge < -0.3 is 15.0 Å². The summed E-state index contributed by atoms with van der Waals surface area (Å²) in [7, 11) is 1.31. The number of methoxy groups -OCH3 is 1. The molecule has 1 N–H and O–H groups in total. The number of nitrogens with zero attached hydrogens (tertiary/aromatic N) is 2. The van der Waals surface area contributed by atoms with Gasteiger partial charge >= 0.3 is 5.97 Å². The monoisotopic (exact) mass is 333 g/mol. The SMILES string of the molecule is COC(=O)CNC(=O)CCN1CCN(Cc2cccc(C)c2)CC1. The van der Waals surface area contributed by atoms with Crippen LogP contribution in [0.2, 0.25) is 0 Å². The molecule has 1 aromatic rings. The standard InChI is InChI=1S/C18H27N3O3/c1-15-4-3-5-16(12-15)14-21-10-8-20(9-11-21)7-6-17(22)19-13-18(23)24-2/h3-5,12H,6-11,13-14H2,1-2H3,(H,19,22). The first-order valence-electron chi connectivity index (χ1n) is 8.40. The fourth-order valence-electron chi connectivity index (χ4n) is 2.83. The Morgan fingerprint density at radius 1 is 1.17 bits per heavy atom. The lowest BCUT2D eigenvalue weighted by Gasteiger charge is -2.34. The third kappa shape index (κ3) is 6.29. The van der Waals surface area contributed by atoms with Crippen LogP contribution in [-0.2, 0) is 20.9 Å². The summed E-state index contributed by atoms with van der Waals surface area (Å²) in [6.07, 6.45) is 0.412. The molecule has 0 atom stereocenters. The van der Waals surface area contributed by atoms with Gasteiger partial charge in [0.1, 0.15) is 6.54 Å². The number of benzene rings is 1. The van der Waals surface area contributed by atoms with Crippen LogP contribution in [0.5, 0.6) is 0 Å². The maximum Gasteiger partial charge on any atom is 0.325 e. The van der Waals surface area contributed by atoms with Crippen molar-refractivity contribution >= 4 is 11.9 Å². The van der Waals surface area contributed by atoms with Crippen molar-refractivity contribution in [1.82, 2.24) is 15.1 Å². The van der Waals surface area contributed by atoms with Crippen molar-refractivity contribution in [3.8, 4) is 0 Å². The molecule has 1 fully saturated rings. The molecule has 0 aromatic heterocycles. The molecule has 0 unspecified atom stereocenters. The van der Waals surface area contributed by atoms with Crippen molar-refractivity contribution in [2.75, 3.05) is 46.4 Å². The number of hydrogen-bond acceptors (Lipinski definition) is 5. The van der Waals surface area contributed by atoms with Crippen molar-refractivity contribution in [1.29, 1.82) is 0 Å². The zero-order valence-electron chi connectivity index (χ0n) is 14.6. The highest BCUT2D eigenvalue weighted by Crippen LogP contribution is 2.10. The van der Waals surface area contributed by atoms with Crippen LogP contribution in [0.3, 0.4) is 0 Å². The Morgan fingerprint density at radius 2 is 1.88 bits per heavy atom. The van der Waals surface area contributed by atoms with Crippen LogP contribution < -0.4 is 5.32 Å². The summed E-state index contributed by atoms with van der Waals surface area (Å²) < 4.78 is 4.49. The summed E-state index contributed by atoms with van der Waals surface area (Å²) in [4.78, 5) is 27.4. The first-order valence-corrected chi connectivity index (χ1v) is 8.40. The number of esters is 1. The van der Waals surface area contributed by atoms with Gasteiger partial charge in [0.05, 0.1) is 7.11 Å². The van der Waals surface area contributed by atoms with Crippen LogP contribution >= 0.6 is 0 Å². The molecule has 1 saturated heterocycles. The molecule has 1 aromatic carbocycles. The third-order valence-corrected chi connectivity index (χ3v) is 4.27. The van der Waals surface area contributed by atoms with E-state index in [4.69, 9.17) is 0 Å². The maximum absolute atomic E-state index is 11.7. The number of carbonyl (C=O) groups is 2. The van der Waals surface area contributed by atoms with E-state index >= 15 is 0 Å². The molecule has 0 radical (unpaired) electrons. The minimum Gasteiger partial charge on any atom is -0.468 e. The minimum absolute atomic E-state index is 0.0559. The number of ether oxygens (including phenoxy) is 1. The highest BCUT2D eigenvalue weighted by atomic mass is 16.5. The second-order valence-corrected chi connectivity index (χ2v) is 6.21. The van der Waals surface area contributed by atoms with E-state index in [0.717, 1.165) is 39.3 Å². The highest BCUT2D eigenvalue weighted by Gasteiger charge is 2.17. The van der Waals surface area contributed by atoms with E-state index in [1.54, 1.807) is 0 Å². The van der Waals surface area contributed by atoms with Gasteiger partial charge in [-0.3, -0.25) is 14.5 Å². The van der Waals surface area contributed by atoms with E-state index < -0.39 is 5.97 Å². The molecule has 1 aliphatic rings. The number of hydrogen-bond donors (Lipinski definition) is 1. The number of aryl methyl sites for hydroxylation is 1. The third-order valence-electron chi connectivity index (χ3n) is 4.27. The van der Waals surface area contributed by atoms with Crippen LogP contribution in [0.15, 0.2) is 24.3 Å². The van der Waals surface area contributed by atoms with Crippen molar-refractivity contribution in [2.45, 2.75) is 19.9 Å². The molecule has 6 nitrogen and oxygen atoms in total. The number of nitrogens with one attached hydrogen (secondary N) is 1. The molecule has 0 spiro atoms. The summed E-state index contributed by atoms with van der Waals surface area (Å²) in [6.45, 7) is 7.73. The van der Waals surface area contributed by atoms with Gasteiger partial charge in [0.2, 0.25) is 5.91 Å². The summed E-state index contributed by atoms with van der Waals surface area (Å²) in [5, 5.41) is 2.57. The zero-order valence-corrected chi connectivity index (χ0v) is 14.6. The molecule has 1 amide bonds. The maximum atomic E-state index is 11.7. The molecule has 1 heterocycles. The van der Waals surface area contributed by atoms with Crippen molar-refractivity contribution in [2.24, 2.45) is 0 Å². The first-order chi connectivity index (χ1) is 11.6. The lowest BCUT2D eigenvalue weighted by Crippen LogP contribution is -2.46. The van der Waals surface area contributed by atoms with Crippen LogP contribution in [0.4, 0.5) is 0 Å². The Bertz CT molecular complexity index is 554. The predicted molar refractivity (Wildman–Crippen MR) is 92.5 cm³/mol. The van der Waals surface area contributed by atoms with Gasteiger partial charge in [0.25, 0.3) is 0 Å². The second kappa shape index (κ2) is 9.39. The Hall–Kier alpha value is -1.92. The molecular weight excluding hydrogens is 306 g/mol. The van der Waals surface area contributed by atoms with Gasteiger partial charge in [-0.2, -0.15) is 0 Å². The first kappa shape index (κ1) is 18.4. The molecule has 0 aliphatic carbocycles. The largest absolute Gasteiger partial charge is 0.468 e. The molecule has 2 rings (SSSR count). The van der Waals surface area contributed by atoms with E-state index in [1.165, 1.54) is 18.2 Å². The topological polar surface area (TPSA) is 61.9 Å². The number of rotatable bonds is 7. The fourth-order valence-corrected chi connectivity index (χ4v) is 2.83. The number of amides is 1. The van der Waals surface area contributed by atoms with Crippen LogP contribution in [0.1, 0.15) is 17.5 Å². The predicted octanol–water partition coefficient (Wildman–Crippen LogP) is 0.792. The number of piperazine rings is 1. The number of carbonyl (C=O) groups excluding carboxylic acids is 2. The highest BCUT2D eigenvalue weighted by molar-refractivity contribution is 5.81. The van der Waals surface area contributed by atoms with Gasteiger partial charge in [-0.05, 0) is 12.5 Å². The zero-order chi connectivity index (χ0) is 17.4. The Kier molecular flexibility index (Phi) is 7.21. The van der Waals surface area contributed by atoms with Crippen molar-refractivity contribution in [3.05, 3.63) is 35.4 Å². The average Bonchev–Trinajstić information content (AvgIpc) is 2.59. The van der Waals surface area contributed by atoms with Gasteiger partial charge in [-0.1, -0.05) is 29.8 Å². The molecule has 132 valence electrons. The van der Waals surface area contributed by atoms with Crippen molar-refractivity contribution < 1.29 is 14.3 Å². The van der Waals surface area contributed by atoms with E-state index in [-0.39, 0.29) is 12.5 Å².